The first-order valence-corrected chi connectivity index (χ1v) is 34.6. The van der Waals surface area contributed by atoms with Crippen LogP contribution in [0.5, 0.6) is 5.75 Å². The molecule has 1 nitrogen and oxygen atoms in total. The van der Waals surface area contributed by atoms with Crippen molar-refractivity contribution in [2.24, 2.45) is 0 Å². The van der Waals surface area contributed by atoms with Crippen molar-refractivity contribution in [2.45, 2.75) is 183 Å². The normalized spacial score (nSPS) is 12.0. The number of unbranched alkanes of at least 4 members (excludes halogenated alkanes) is 20. The molecular weight excluding hydrogens is 815 g/mol. The van der Waals surface area contributed by atoms with E-state index in [0.717, 1.165) is 18.8 Å². The summed E-state index contributed by atoms with van der Waals surface area (Å²) in [5.41, 5.74) is 1.62. The van der Waals surface area contributed by atoms with E-state index in [0.29, 0.717) is 0 Å². The molecule has 0 N–H and O–H groups in total. The first-order valence-electron chi connectivity index (χ1n) is 21.4. The summed E-state index contributed by atoms with van der Waals surface area (Å²) in [5.74, 6) is 1.09. The first-order chi connectivity index (χ1) is 25.3. The van der Waals surface area contributed by atoms with Gasteiger partial charge in [-0.25, -0.2) is 0 Å². The van der Waals surface area contributed by atoms with Gasteiger partial charge in [-0.3, -0.25) is 0 Å². The molecule has 0 spiro atoms. The zero-order valence-corrected chi connectivity index (χ0v) is 40.1. The molecule has 0 bridgehead atoms. The average molecular weight is 888 g/mol. The molecule has 290 valence electrons. The van der Waals surface area contributed by atoms with Crippen LogP contribution in [0.15, 0.2) is 36.4 Å². The van der Waals surface area contributed by atoms with Gasteiger partial charge in [-0.1, -0.05) is 97.3 Å². The quantitative estimate of drug-likeness (QED) is 0.0390. The maximum atomic E-state index is 6.43. The molecule has 0 saturated heterocycles. The van der Waals surface area contributed by atoms with Crippen LogP contribution >= 0.6 is 45.3 Å². The fourth-order valence-corrected chi connectivity index (χ4v) is 16.9. The van der Waals surface area contributed by atoms with Crippen LogP contribution in [0.2, 0.25) is 14.8 Å². The van der Waals surface area contributed by atoms with Gasteiger partial charge in [0, 0.05) is 0 Å². The van der Waals surface area contributed by atoms with Crippen molar-refractivity contribution in [3.05, 3.63) is 46.8 Å². The fourth-order valence-electron chi connectivity index (χ4n) is 7.08. The minimum absolute atomic E-state index is 0.830. The molecule has 6 heteroatoms. The van der Waals surface area contributed by atoms with Crippen LogP contribution in [0.1, 0.15) is 166 Å². The average Bonchev–Trinajstić information content (AvgIpc) is 3.94. The van der Waals surface area contributed by atoms with E-state index in [1.807, 2.05) is 34.0 Å². The van der Waals surface area contributed by atoms with Crippen molar-refractivity contribution in [1.82, 2.24) is 0 Å². The molecule has 4 rings (SSSR count). The Morgan fingerprint density at radius 3 is 1.42 bits per heavy atom. The van der Waals surface area contributed by atoms with Crippen molar-refractivity contribution in [1.29, 1.82) is 0 Å². The Labute approximate surface area is 340 Å². The van der Waals surface area contributed by atoms with Crippen molar-refractivity contribution in [3.63, 3.8) is 0 Å². The Morgan fingerprint density at radius 1 is 0.481 bits per heavy atom. The third-order valence-corrected chi connectivity index (χ3v) is 24.7. The number of hydrogen-bond donors (Lipinski definition) is 0. The van der Waals surface area contributed by atoms with Crippen LogP contribution in [0, 0.1) is 6.92 Å². The van der Waals surface area contributed by atoms with E-state index in [1.165, 1.54) is 171 Å². The number of ether oxygens (including phenoxy) is 1. The third-order valence-electron chi connectivity index (χ3n) is 10.3. The number of hydrogen-bond acceptors (Lipinski definition) is 5. The Balaban J connectivity index is 1.26. The molecule has 0 atom stereocenters. The predicted octanol–water partition coefficient (Wildman–Crippen LogP) is 17.3. The van der Waals surface area contributed by atoms with Crippen LogP contribution in [0.3, 0.4) is 0 Å². The summed E-state index contributed by atoms with van der Waals surface area (Å²) in [5, 5.41) is 0. The Kier molecular flexibility index (Phi) is 21.1. The molecule has 0 aliphatic rings. The van der Waals surface area contributed by atoms with Crippen LogP contribution in [-0.4, -0.2) is 25.0 Å². The topological polar surface area (TPSA) is 9.23 Å². The second-order valence-electron chi connectivity index (χ2n) is 16.3. The Bertz CT molecular complexity index is 1510. The second kappa shape index (κ2) is 24.8. The van der Waals surface area contributed by atoms with Gasteiger partial charge in [0.25, 0.3) is 0 Å². The van der Waals surface area contributed by atoms with E-state index < -0.39 is 18.4 Å². The Hall–Kier alpha value is -0.601. The summed E-state index contributed by atoms with van der Waals surface area (Å²) in [6.07, 6.45) is 31.7. The van der Waals surface area contributed by atoms with E-state index >= 15 is 0 Å². The SMILES string of the molecule is CCCCCCCCCCCCCCOc1cc(C)sc1-c1ccc(-c2ccc(-c3s[c]([Sn]([CH3])([CH3])[CH3])cc3CCCCCCCCCCCC)s2)s1. The molecule has 0 aliphatic carbocycles. The van der Waals surface area contributed by atoms with Gasteiger partial charge in [0.05, 0.1) is 6.61 Å². The standard InChI is InChI=1S/C43H63OS4.3CH3.Sn/c1-4-6-8-10-12-14-16-17-19-21-23-25-32-44-37-34-35(3)46-43(37)41-30-28-39(48-41)38-27-29-40(47-38)42-36(31-33-45-42)26-24-22-20-18-15-13-11-9-7-5-2;;;;/h27-31,34H,4-26,32H2,1-3H3;3*1H3;. The molecule has 4 heterocycles. The van der Waals surface area contributed by atoms with E-state index in [4.69, 9.17) is 4.74 Å². The molecule has 0 fully saturated rings. The monoisotopic (exact) mass is 888 g/mol. The minimum atomic E-state index is -2.16. The molecule has 0 radical (unpaired) electrons. The van der Waals surface area contributed by atoms with Crippen LogP contribution in [0.25, 0.3) is 29.3 Å². The first kappa shape index (κ1) is 44.1. The van der Waals surface area contributed by atoms with Gasteiger partial charge in [0.2, 0.25) is 0 Å². The predicted molar refractivity (Wildman–Crippen MR) is 244 cm³/mol. The van der Waals surface area contributed by atoms with E-state index in [1.54, 1.807) is 13.3 Å². The van der Waals surface area contributed by atoms with Gasteiger partial charge >= 0.3 is 226 Å². The second-order valence-corrected chi connectivity index (χ2v) is 36.2. The van der Waals surface area contributed by atoms with Crippen LogP contribution in [-0.2, 0) is 6.42 Å². The van der Waals surface area contributed by atoms with E-state index in [2.05, 4.69) is 83.3 Å². The molecular formula is C46H72OS4Sn. The zero-order valence-electron chi connectivity index (χ0n) is 34.0. The molecule has 0 saturated carbocycles. The number of thiophene rings is 4. The molecule has 4 aromatic heterocycles. The van der Waals surface area contributed by atoms with Gasteiger partial charge in [-0.2, -0.15) is 0 Å². The molecule has 0 unspecified atom stereocenters. The van der Waals surface area contributed by atoms with Gasteiger partial charge in [-0.15, -0.1) is 0 Å². The summed E-state index contributed by atoms with van der Waals surface area (Å²) >= 11 is 5.79. The summed E-state index contributed by atoms with van der Waals surface area (Å²) in [7, 11) is 0. The van der Waals surface area contributed by atoms with Crippen molar-refractivity contribution < 1.29 is 4.74 Å². The number of aryl methyl sites for hydroxylation is 2. The fraction of sp³-hybridized carbons (Fsp3) is 0.652. The number of rotatable bonds is 29. The molecule has 0 aliphatic heterocycles. The molecule has 0 aromatic carbocycles. The Morgan fingerprint density at radius 2 is 0.923 bits per heavy atom. The summed E-state index contributed by atoms with van der Waals surface area (Å²) in [4.78, 5) is 17.5. The van der Waals surface area contributed by atoms with Crippen LogP contribution in [0.4, 0.5) is 0 Å². The van der Waals surface area contributed by atoms with Crippen molar-refractivity contribution in [3.8, 4) is 35.0 Å². The van der Waals surface area contributed by atoms with Crippen molar-refractivity contribution in [2.75, 3.05) is 6.61 Å². The van der Waals surface area contributed by atoms with Gasteiger partial charge in [0.1, 0.15) is 0 Å². The zero-order chi connectivity index (χ0) is 37.0. The molecule has 4 aromatic rings. The van der Waals surface area contributed by atoms with E-state index in [-0.39, 0.29) is 0 Å². The van der Waals surface area contributed by atoms with Crippen LogP contribution < -0.4 is 7.63 Å². The van der Waals surface area contributed by atoms with Gasteiger partial charge in [0.15, 0.2) is 0 Å². The van der Waals surface area contributed by atoms with Gasteiger partial charge in [-0.05, 0) is 13.3 Å². The maximum absolute atomic E-state index is 6.43. The summed E-state index contributed by atoms with van der Waals surface area (Å²) < 4.78 is 8.15. The van der Waals surface area contributed by atoms with Gasteiger partial charge < -0.3 is 0 Å². The molecule has 0 amide bonds. The van der Waals surface area contributed by atoms with Crippen molar-refractivity contribution >= 4 is 66.6 Å². The third kappa shape index (κ3) is 15.5. The summed E-state index contributed by atoms with van der Waals surface area (Å²) in [6, 6.07) is 14.3. The van der Waals surface area contributed by atoms with E-state index in [9.17, 15) is 0 Å². The summed E-state index contributed by atoms with van der Waals surface area (Å²) in [6.45, 7) is 7.65. The molecule has 52 heavy (non-hydrogen) atoms.